The van der Waals surface area contributed by atoms with Crippen LogP contribution < -0.4 is 10.1 Å². The van der Waals surface area contributed by atoms with Crippen LogP contribution >= 0.6 is 0 Å². The monoisotopic (exact) mass is 538 g/mol. The van der Waals surface area contributed by atoms with Crippen LogP contribution in [0.2, 0.25) is 0 Å². The van der Waals surface area contributed by atoms with E-state index in [1.807, 2.05) is 48.5 Å². The molecule has 1 atom stereocenters. The van der Waals surface area contributed by atoms with Crippen molar-refractivity contribution >= 4 is 17.7 Å². The number of rotatable bonds is 10. The second kappa shape index (κ2) is 11.7. The third-order valence-electron chi connectivity index (χ3n) is 6.88. The van der Waals surface area contributed by atoms with Crippen LogP contribution in [0.4, 0.5) is 10.5 Å². The fraction of sp³-hybridized carbons (Fsp3) is 0.161. The second-order valence-electron chi connectivity index (χ2n) is 9.38. The van der Waals surface area contributed by atoms with Gasteiger partial charge in [-0.25, -0.2) is 9.59 Å². The molecule has 5 rings (SSSR count). The van der Waals surface area contributed by atoms with E-state index in [-0.39, 0.29) is 31.2 Å². The number of para-hydroxylation sites is 1. The van der Waals surface area contributed by atoms with Gasteiger partial charge in [0.15, 0.2) is 0 Å². The maximum Gasteiger partial charge on any atom is 0.407 e. The summed E-state index contributed by atoms with van der Waals surface area (Å²) in [4.78, 5) is 35.2. The maximum absolute atomic E-state index is 12.6. The average molecular weight is 539 g/mol. The van der Waals surface area contributed by atoms with Crippen molar-refractivity contribution in [2.75, 3.05) is 6.61 Å². The molecule has 202 valence electrons. The first-order valence-corrected chi connectivity index (χ1v) is 12.7. The van der Waals surface area contributed by atoms with Gasteiger partial charge in [-0.05, 0) is 46.0 Å². The number of ether oxygens (including phenoxy) is 2. The van der Waals surface area contributed by atoms with Gasteiger partial charge in [-0.3, -0.25) is 10.1 Å². The molecule has 4 aromatic rings. The molecule has 1 unspecified atom stereocenters. The predicted octanol–water partition coefficient (Wildman–Crippen LogP) is 5.71. The number of amides is 1. The molecule has 0 bridgehead atoms. The smallest absolute Gasteiger partial charge is 0.407 e. The van der Waals surface area contributed by atoms with Crippen LogP contribution in [-0.2, 0) is 22.6 Å². The number of hydrogen-bond donors (Lipinski definition) is 2. The van der Waals surface area contributed by atoms with E-state index in [1.165, 1.54) is 6.07 Å². The minimum Gasteiger partial charge on any atom is -0.489 e. The Hall–Kier alpha value is -5.18. The number of nitrogens with zero attached hydrogens (tertiary/aromatic N) is 1. The number of hydrogen-bond acceptors (Lipinski definition) is 6. The number of nitrogens with one attached hydrogen (secondary N) is 1. The number of carboxylic acid groups (broad SMARTS) is 1. The summed E-state index contributed by atoms with van der Waals surface area (Å²) >= 11 is 0. The molecule has 1 amide bonds. The summed E-state index contributed by atoms with van der Waals surface area (Å²) in [5, 5.41) is 23.3. The minimum absolute atomic E-state index is 0.0115. The van der Waals surface area contributed by atoms with Crippen LogP contribution in [0.15, 0.2) is 97.1 Å². The fourth-order valence-corrected chi connectivity index (χ4v) is 4.91. The van der Waals surface area contributed by atoms with Crippen LogP contribution in [-0.4, -0.2) is 34.7 Å². The summed E-state index contributed by atoms with van der Waals surface area (Å²) < 4.78 is 11.2. The molecular formula is C31H26N2O7. The summed E-state index contributed by atoms with van der Waals surface area (Å²) in [6.45, 7) is 0.0927. The summed E-state index contributed by atoms with van der Waals surface area (Å²) in [6, 6.07) is 27.7. The molecule has 0 fully saturated rings. The van der Waals surface area contributed by atoms with E-state index in [9.17, 15) is 24.8 Å². The lowest BCUT2D eigenvalue weighted by molar-refractivity contribution is -0.385. The molecule has 0 spiro atoms. The van der Waals surface area contributed by atoms with Crippen molar-refractivity contribution in [2.24, 2.45) is 0 Å². The number of aliphatic carboxylic acids is 1. The highest BCUT2D eigenvalue weighted by Crippen LogP contribution is 2.44. The van der Waals surface area contributed by atoms with Gasteiger partial charge in [0.25, 0.3) is 5.69 Å². The zero-order valence-corrected chi connectivity index (χ0v) is 21.4. The molecule has 0 saturated heterocycles. The van der Waals surface area contributed by atoms with Gasteiger partial charge in [0.05, 0.1) is 10.5 Å². The van der Waals surface area contributed by atoms with E-state index in [0.717, 1.165) is 22.3 Å². The Morgan fingerprint density at radius 2 is 1.48 bits per heavy atom. The maximum atomic E-state index is 12.6. The van der Waals surface area contributed by atoms with E-state index in [2.05, 4.69) is 5.32 Å². The highest BCUT2D eigenvalue weighted by Gasteiger charge is 2.29. The molecular weight excluding hydrogens is 512 g/mol. The lowest BCUT2D eigenvalue weighted by Gasteiger charge is -2.17. The lowest BCUT2D eigenvalue weighted by atomic mass is 9.98. The molecule has 1 aliphatic rings. The summed E-state index contributed by atoms with van der Waals surface area (Å²) in [5.74, 6) is -0.852. The largest absolute Gasteiger partial charge is 0.489 e. The first-order valence-electron chi connectivity index (χ1n) is 12.7. The third kappa shape index (κ3) is 5.78. The number of carboxylic acids is 1. The first kappa shape index (κ1) is 26.4. The van der Waals surface area contributed by atoms with Crippen molar-refractivity contribution in [1.29, 1.82) is 0 Å². The number of carbonyl (C=O) groups is 2. The van der Waals surface area contributed by atoms with Gasteiger partial charge in [0.1, 0.15) is 25.0 Å². The van der Waals surface area contributed by atoms with Crippen molar-refractivity contribution in [3.63, 3.8) is 0 Å². The Balaban J connectivity index is 1.17. The van der Waals surface area contributed by atoms with Crippen molar-refractivity contribution < 1.29 is 29.1 Å². The molecule has 4 aromatic carbocycles. The average Bonchev–Trinajstić information content (AvgIpc) is 3.29. The quantitative estimate of drug-likeness (QED) is 0.196. The van der Waals surface area contributed by atoms with E-state index in [0.29, 0.717) is 16.9 Å². The van der Waals surface area contributed by atoms with Crippen LogP contribution in [0.1, 0.15) is 28.2 Å². The molecule has 9 nitrogen and oxygen atoms in total. The number of nitro groups is 1. The standard InChI is InChI=1S/C31H26N2O7/c34-30(35)28(17-20-13-15-22(16-14-20)39-18-21-7-1-6-12-29(21)33(37)38)32-31(36)40-19-27-25-10-4-2-8-23(25)24-9-3-5-11-26(24)27/h1-16,27-28H,17-19H2,(H,32,36)(H,34,35). The molecule has 9 heteroatoms. The van der Waals surface area contributed by atoms with Crippen molar-refractivity contribution in [1.82, 2.24) is 5.32 Å². The zero-order valence-electron chi connectivity index (χ0n) is 21.4. The number of benzene rings is 4. The molecule has 0 aliphatic heterocycles. The second-order valence-corrected chi connectivity index (χ2v) is 9.38. The fourth-order valence-electron chi connectivity index (χ4n) is 4.91. The highest BCUT2D eigenvalue weighted by molar-refractivity contribution is 5.81. The van der Waals surface area contributed by atoms with Crippen molar-refractivity contribution in [3.8, 4) is 16.9 Å². The molecule has 1 aliphatic carbocycles. The van der Waals surface area contributed by atoms with E-state index in [1.54, 1.807) is 42.5 Å². The predicted molar refractivity (Wildman–Crippen MR) is 147 cm³/mol. The Kier molecular flexibility index (Phi) is 7.72. The molecule has 2 N–H and O–H groups in total. The normalized spacial score (nSPS) is 12.6. The summed E-state index contributed by atoms with van der Waals surface area (Å²) in [7, 11) is 0. The molecule has 40 heavy (non-hydrogen) atoms. The summed E-state index contributed by atoms with van der Waals surface area (Å²) in [5.41, 5.74) is 5.41. The highest BCUT2D eigenvalue weighted by atomic mass is 16.6. The van der Waals surface area contributed by atoms with Crippen LogP contribution in [0, 0.1) is 10.1 Å². The molecule has 0 aromatic heterocycles. The Labute approximate surface area is 230 Å². The number of fused-ring (bicyclic) bond motifs is 3. The Morgan fingerprint density at radius 3 is 2.10 bits per heavy atom. The van der Waals surface area contributed by atoms with Gasteiger partial charge < -0.3 is 19.9 Å². The molecule has 0 heterocycles. The summed E-state index contributed by atoms with van der Waals surface area (Å²) in [6.07, 6.45) is -0.775. The number of alkyl carbamates (subject to hydrolysis) is 1. The van der Waals surface area contributed by atoms with Gasteiger partial charge in [-0.15, -0.1) is 0 Å². The van der Waals surface area contributed by atoms with Crippen molar-refractivity contribution in [3.05, 3.63) is 129 Å². The minimum atomic E-state index is -1.20. The van der Waals surface area contributed by atoms with Gasteiger partial charge >= 0.3 is 12.1 Å². The van der Waals surface area contributed by atoms with Gasteiger partial charge in [0, 0.05) is 18.4 Å². The van der Waals surface area contributed by atoms with Gasteiger partial charge in [0.2, 0.25) is 0 Å². The van der Waals surface area contributed by atoms with E-state index >= 15 is 0 Å². The van der Waals surface area contributed by atoms with E-state index in [4.69, 9.17) is 9.47 Å². The van der Waals surface area contributed by atoms with Crippen LogP contribution in [0.5, 0.6) is 5.75 Å². The first-order chi connectivity index (χ1) is 19.4. The van der Waals surface area contributed by atoms with Gasteiger partial charge in [-0.1, -0.05) is 72.8 Å². The number of nitro benzene ring substituents is 1. The Bertz CT molecular complexity index is 1510. The third-order valence-corrected chi connectivity index (χ3v) is 6.88. The molecule has 0 radical (unpaired) electrons. The number of carbonyl (C=O) groups excluding carboxylic acids is 1. The molecule has 0 saturated carbocycles. The van der Waals surface area contributed by atoms with Crippen molar-refractivity contribution in [2.45, 2.75) is 25.0 Å². The van der Waals surface area contributed by atoms with Crippen LogP contribution in [0.3, 0.4) is 0 Å². The zero-order chi connectivity index (χ0) is 28.1. The SMILES string of the molecule is O=C(NC(Cc1ccc(OCc2ccccc2[N+](=O)[O-])cc1)C(=O)O)OCC1c2ccccc2-c2ccccc21. The lowest BCUT2D eigenvalue weighted by Crippen LogP contribution is -2.42. The topological polar surface area (TPSA) is 128 Å². The van der Waals surface area contributed by atoms with E-state index < -0.39 is 23.0 Å². The van der Waals surface area contributed by atoms with Crippen LogP contribution in [0.25, 0.3) is 11.1 Å². The van der Waals surface area contributed by atoms with Gasteiger partial charge in [-0.2, -0.15) is 0 Å². The Morgan fingerprint density at radius 1 is 0.875 bits per heavy atom.